The van der Waals surface area contributed by atoms with E-state index >= 15 is 0 Å². The van der Waals surface area contributed by atoms with Crippen molar-refractivity contribution in [3.05, 3.63) is 76.9 Å². The molecular weight excluding hydrogens is 322 g/mol. The lowest BCUT2D eigenvalue weighted by atomic mass is 9.95. The Kier molecular flexibility index (Phi) is 4.28. The van der Waals surface area contributed by atoms with Crippen molar-refractivity contribution in [1.29, 1.82) is 5.26 Å². The van der Waals surface area contributed by atoms with Crippen molar-refractivity contribution in [2.24, 2.45) is 5.73 Å². The van der Waals surface area contributed by atoms with E-state index in [-0.39, 0.29) is 0 Å². The van der Waals surface area contributed by atoms with Crippen LogP contribution in [0.2, 0.25) is 5.02 Å². The van der Waals surface area contributed by atoms with Crippen molar-refractivity contribution in [1.82, 2.24) is 4.98 Å². The van der Waals surface area contributed by atoms with Crippen LogP contribution in [0.5, 0.6) is 0 Å². The molecule has 3 rings (SSSR count). The van der Waals surface area contributed by atoms with E-state index in [0.717, 1.165) is 16.8 Å². The quantitative estimate of drug-likeness (QED) is 0.785. The first-order valence-electron chi connectivity index (χ1n) is 7.15. The fourth-order valence-corrected chi connectivity index (χ4v) is 2.66. The summed E-state index contributed by atoms with van der Waals surface area (Å²) in [7, 11) is 0. The zero-order valence-corrected chi connectivity index (χ0v) is 13.3. The number of carbonyl (C=O) groups is 1. The fourth-order valence-electron chi connectivity index (χ4n) is 2.45. The summed E-state index contributed by atoms with van der Waals surface area (Å²) in [5.74, 6) is -0.542. The number of hydrogen-bond donors (Lipinski definition) is 1. The van der Waals surface area contributed by atoms with E-state index in [1.165, 1.54) is 0 Å². The molecule has 0 saturated carbocycles. The Morgan fingerprint density at radius 1 is 1.08 bits per heavy atom. The highest BCUT2D eigenvalue weighted by Gasteiger charge is 2.12. The average Bonchev–Trinajstić information content (AvgIpc) is 2.62. The van der Waals surface area contributed by atoms with E-state index in [1.54, 1.807) is 36.5 Å². The Balaban J connectivity index is 2.19. The minimum absolute atomic E-state index is 0.346. The van der Waals surface area contributed by atoms with E-state index in [4.69, 9.17) is 17.3 Å². The summed E-state index contributed by atoms with van der Waals surface area (Å²) in [6, 6.07) is 17.8. The van der Waals surface area contributed by atoms with E-state index in [2.05, 4.69) is 11.1 Å². The summed E-state index contributed by atoms with van der Waals surface area (Å²) in [5.41, 5.74) is 9.02. The predicted molar refractivity (Wildman–Crippen MR) is 93.4 cm³/mol. The SMILES string of the molecule is N#Cc1ccc(C(N)=O)cc1-c1ccc(Cl)c(-c2ccccn2)c1. The summed E-state index contributed by atoms with van der Waals surface area (Å²) in [6.07, 6.45) is 1.69. The molecule has 0 aliphatic carbocycles. The third-order valence-electron chi connectivity index (χ3n) is 3.64. The molecule has 2 aromatic carbocycles. The highest BCUT2D eigenvalue weighted by Crippen LogP contribution is 2.33. The second-order valence-corrected chi connectivity index (χ2v) is 5.55. The van der Waals surface area contributed by atoms with Crippen LogP contribution in [0.4, 0.5) is 0 Å². The van der Waals surface area contributed by atoms with Crippen molar-refractivity contribution in [3.8, 4) is 28.5 Å². The largest absolute Gasteiger partial charge is 0.366 e. The molecule has 5 heteroatoms. The fraction of sp³-hybridized carbons (Fsp3) is 0. The second kappa shape index (κ2) is 6.53. The lowest BCUT2D eigenvalue weighted by Gasteiger charge is -2.10. The molecule has 0 aliphatic rings. The summed E-state index contributed by atoms with van der Waals surface area (Å²) >= 11 is 6.29. The number of nitriles is 1. The van der Waals surface area contributed by atoms with E-state index in [9.17, 15) is 10.1 Å². The van der Waals surface area contributed by atoms with Crippen molar-refractivity contribution >= 4 is 17.5 Å². The Morgan fingerprint density at radius 2 is 1.92 bits per heavy atom. The van der Waals surface area contributed by atoms with Crippen LogP contribution in [-0.2, 0) is 0 Å². The van der Waals surface area contributed by atoms with Crippen LogP contribution in [0, 0.1) is 11.3 Å². The zero-order valence-electron chi connectivity index (χ0n) is 12.5. The van der Waals surface area contributed by atoms with Gasteiger partial charge >= 0.3 is 0 Å². The number of amides is 1. The average molecular weight is 334 g/mol. The Labute approximate surface area is 144 Å². The lowest BCUT2D eigenvalue weighted by Crippen LogP contribution is -2.11. The maximum atomic E-state index is 11.4. The zero-order chi connectivity index (χ0) is 17.1. The molecule has 0 unspecified atom stereocenters. The van der Waals surface area contributed by atoms with Crippen LogP contribution in [-0.4, -0.2) is 10.9 Å². The van der Waals surface area contributed by atoms with Gasteiger partial charge in [-0.15, -0.1) is 0 Å². The van der Waals surface area contributed by atoms with Gasteiger partial charge in [0.25, 0.3) is 0 Å². The van der Waals surface area contributed by atoms with Gasteiger partial charge < -0.3 is 5.73 Å². The van der Waals surface area contributed by atoms with Gasteiger partial charge in [0, 0.05) is 27.9 Å². The second-order valence-electron chi connectivity index (χ2n) is 5.15. The van der Waals surface area contributed by atoms with Crippen LogP contribution < -0.4 is 5.73 Å². The van der Waals surface area contributed by atoms with Gasteiger partial charge in [-0.1, -0.05) is 23.7 Å². The van der Waals surface area contributed by atoms with Crippen LogP contribution >= 0.6 is 11.6 Å². The molecule has 0 fully saturated rings. The van der Waals surface area contributed by atoms with Crippen molar-refractivity contribution in [2.45, 2.75) is 0 Å². The summed E-state index contributed by atoms with van der Waals surface area (Å²) < 4.78 is 0. The van der Waals surface area contributed by atoms with E-state index in [1.807, 2.05) is 24.3 Å². The van der Waals surface area contributed by atoms with Crippen molar-refractivity contribution in [3.63, 3.8) is 0 Å². The maximum absolute atomic E-state index is 11.4. The predicted octanol–water partition coefficient (Wildman–Crippen LogP) is 4.04. The van der Waals surface area contributed by atoms with Gasteiger partial charge in [0.15, 0.2) is 0 Å². The Bertz CT molecular complexity index is 962. The van der Waals surface area contributed by atoms with Crippen LogP contribution in [0.1, 0.15) is 15.9 Å². The molecule has 3 aromatic rings. The number of halogens is 1. The molecular formula is C19H12ClN3O. The summed E-state index contributed by atoms with van der Waals surface area (Å²) in [4.78, 5) is 15.7. The first-order chi connectivity index (χ1) is 11.6. The highest BCUT2D eigenvalue weighted by molar-refractivity contribution is 6.33. The number of carbonyl (C=O) groups excluding carboxylic acids is 1. The number of pyridine rings is 1. The molecule has 0 aliphatic heterocycles. The summed E-state index contributed by atoms with van der Waals surface area (Å²) in [6.45, 7) is 0. The topological polar surface area (TPSA) is 79.8 Å². The molecule has 0 radical (unpaired) electrons. The van der Waals surface area contributed by atoms with Gasteiger partial charge in [0.05, 0.1) is 17.3 Å². The normalized spacial score (nSPS) is 10.2. The van der Waals surface area contributed by atoms with Gasteiger partial charge in [-0.2, -0.15) is 5.26 Å². The Hall–Kier alpha value is -3.16. The minimum atomic E-state index is -0.542. The lowest BCUT2D eigenvalue weighted by molar-refractivity contribution is 0.100. The van der Waals surface area contributed by atoms with Crippen LogP contribution in [0.15, 0.2) is 60.8 Å². The smallest absolute Gasteiger partial charge is 0.248 e. The number of nitrogens with two attached hydrogens (primary N) is 1. The number of primary amides is 1. The van der Waals surface area contributed by atoms with Crippen molar-refractivity contribution < 1.29 is 4.79 Å². The third kappa shape index (κ3) is 2.98. The number of rotatable bonds is 3. The number of aromatic nitrogens is 1. The van der Waals surface area contributed by atoms with Gasteiger partial charge in [-0.05, 0) is 48.0 Å². The molecule has 0 bridgehead atoms. The van der Waals surface area contributed by atoms with Gasteiger partial charge in [0.2, 0.25) is 5.91 Å². The monoisotopic (exact) mass is 333 g/mol. The first kappa shape index (κ1) is 15.7. The van der Waals surface area contributed by atoms with Gasteiger partial charge in [-0.3, -0.25) is 9.78 Å². The Morgan fingerprint density at radius 3 is 2.58 bits per heavy atom. The van der Waals surface area contributed by atoms with E-state index in [0.29, 0.717) is 21.7 Å². The van der Waals surface area contributed by atoms with Crippen LogP contribution in [0.25, 0.3) is 22.4 Å². The molecule has 0 spiro atoms. The number of nitrogens with zero attached hydrogens (tertiary/aromatic N) is 2. The summed E-state index contributed by atoms with van der Waals surface area (Å²) in [5, 5.41) is 9.90. The number of benzene rings is 2. The molecule has 0 saturated heterocycles. The third-order valence-corrected chi connectivity index (χ3v) is 3.97. The molecule has 24 heavy (non-hydrogen) atoms. The molecule has 1 amide bonds. The van der Waals surface area contributed by atoms with Crippen molar-refractivity contribution in [2.75, 3.05) is 0 Å². The molecule has 2 N–H and O–H groups in total. The molecule has 4 nitrogen and oxygen atoms in total. The minimum Gasteiger partial charge on any atom is -0.366 e. The molecule has 0 atom stereocenters. The molecule has 1 heterocycles. The first-order valence-corrected chi connectivity index (χ1v) is 7.53. The standard InChI is InChI=1S/C19H12ClN3O/c20-17-7-6-12(9-16(17)18-3-1-2-8-23-18)15-10-13(19(22)24)4-5-14(15)11-21/h1-10H,(H2,22,24). The van der Waals surface area contributed by atoms with Gasteiger partial charge in [-0.25, -0.2) is 0 Å². The number of hydrogen-bond acceptors (Lipinski definition) is 3. The van der Waals surface area contributed by atoms with Gasteiger partial charge in [0.1, 0.15) is 0 Å². The van der Waals surface area contributed by atoms with Crippen LogP contribution in [0.3, 0.4) is 0 Å². The maximum Gasteiger partial charge on any atom is 0.248 e. The van der Waals surface area contributed by atoms with E-state index < -0.39 is 5.91 Å². The highest BCUT2D eigenvalue weighted by atomic mass is 35.5. The molecule has 1 aromatic heterocycles. The molecule has 116 valence electrons.